The molecular formula is C16H13F2N3O2S. The van der Waals surface area contributed by atoms with Gasteiger partial charge in [0.15, 0.2) is 0 Å². The van der Waals surface area contributed by atoms with Crippen LogP contribution in [0.4, 0.5) is 8.78 Å². The zero-order chi connectivity index (χ0) is 17.3. The van der Waals surface area contributed by atoms with Crippen molar-refractivity contribution in [2.45, 2.75) is 11.3 Å². The number of nitrogens with zero attached hydrogens (tertiary/aromatic N) is 2. The Balaban J connectivity index is 2.30. The smallest absolute Gasteiger partial charge is 0.231 e. The van der Waals surface area contributed by atoms with E-state index in [1.807, 2.05) is 0 Å². The van der Waals surface area contributed by atoms with Gasteiger partial charge in [0.2, 0.25) is 10.0 Å². The van der Waals surface area contributed by atoms with E-state index < -0.39 is 22.1 Å². The van der Waals surface area contributed by atoms with Gasteiger partial charge in [-0.15, -0.1) is 0 Å². The Labute approximate surface area is 137 Å². The number of aromatic nitrogens is 2. The normalized spacial score (nSPS) is 11.8. The summed E-state index contributed by atoms with van der Waals surface area (Å²) >= 11 is 0. The van der Waals surface area contributed by atoms with Gasteiger partial charge >= 0.3 is 0 Å². The molecule has 0 aliphatic rings. The molecule has 0 aliphatic heterocycles. The molecule has 8 heteroatoms. The number of sulfonamides is 1. The molecule has 0 unspecified atom stereocenters. The number of hydrogen-bond donors (Lipinski definition) is 1. The van der Waals surface area contributed by atoms with Crippen molar-refractivity contribution in [1.82, 2.24) is 9.78 Å². The Hall–Kier alpha value is -2.58. The van der Waals surface area contributed by atoms with Gasteiger partial charge in [-0.05, 0) is 18.2 Å². The summed E-state index contributed by atoms with van der Waals surface area (Å²) in [7, 11) is -4.04. The van der Waals surface area contributed by atoms with Crippen molar-refractivity contribution >= 4 is 10.0 Å². The van der Waals surface area contributed by atoms with Crippen LogP contribution in [0.3, 0.4) is 0 Å². The first-order valence-electron chi connectivity index (χ1n) is 6.93. The SMILES string of the molecule is NS(=O)(=O)c1ccccc1-n1nc(C(F)F)cc1-c1ccccc1. The van der Waals surface area contributed by atoms with Crippen LogP contribution in [-0.4, -0.2) is 18.2 Å². The molecule has 0 spiro atoms. The molecule has 3 rings (SSSR count). The number of halogens is 2. The molecule has 0 bridgehead atoms. The lowest BCUT2D eigenvalue weighted by atomic mass is 10.1. The topological polar surface area (TPSA) is 78.0 Å². The van der Waals surface area contributed by atoms with Crippen molar-refractivity contribution in [3.8, 4) is 16.9 Å². The third-order valence-electron chi connectivity index (χ3n) is 3.42. The van der Waals surface area contributed by atoms with E-state index in [0.29, 0.717) is 11.3 Å². The zero-order valence-corrected chi connectivity index (χ0v) is 13.1. The van der Waals surface area contributed by atoms with E-state index in [2.05, 4.69) is 5.10 Å². The predicted octanol–water partition coefficient (Wildman–Crippen LogP) is 3.12. The maximum atomic E-state index is 13.1. The molecule has 0 saturated carbocycles. The van der Waals surface area contributed by atoms with Crippen LogP contribution in [0.15, 0.2) is 65.6 Å². The summed E-state index contributed by atoms with van der Waals surface area (Å²) in [5.74, 6) is 0. The van der Waals surface area contributed by atoms with Crippen molar-refractivity contribution in [2.75, 3.05) is 0 Å². The standard InChI is InChI=1S/C16H13F2N3O2S/c17-16(18)12-10-14(11-6-2-1-3-7-11)21(20-12)13-8-4-5-9-15(13)24(19,22)23/h1-10,16H,(H2,19,22,23). The first-order chi connectivity index (χ1) is 11.4. The first-order valence-corrected chi connectivity index (χ1v) is 8.48. The molecule has 5 nitrogen and oxygen atoms in total. The molecule has 24 heavy (non-hydrogen) atoms. The second-order valence-electron chi connectivity index (χ2n) is 5.05. The Morgan fingerprint density at radius 2 is 1.62 bits per heavy atom. The van der Waals surface area contributed by atoms with Crippen molar-refractivity contribution in [3.63, 3.8) is 0 Å². The highest BCUT2D eigenvalue weighted by molar-refractivity contribution is 7.89. The third kappa shape index (κ3) is 3.06. The largest absolute Gasteiger partial charge is 0.282 e. The van der Waals surface area contributed by atoms with Gasteiger partial charge in [0.1, 0.15) is 10.6 Å². The van der Waals surface area contributed by atoms with Crippen molar-refractivity contribution in [3.05, 3.63) is 66.4 Å². The predicted molar refractivity (Wildman–Crippen MR) is 85.3 cm³/mol. The zero-order valence-electron chi connectivity index (χ0n) is 12.3. The lowest BCUT2D eigenvalue weighted by molar-refractivity contribution is 0.145. The Morgan fingerprint density at radius 3 is 2.25 bits per heavy atom. The maximum absolute atomic E-state index is 13.1. The average molecular weight is 349 g/mol. The summed E-state index contributed by atoms with van der Waals surface area (Å²) in [4.78, 5) is -0.189. The minimum absolute atomic E-state index is 0.116. The molecule has 3 aromatic rings. The van der Waals surface area contributed by atoms with Crippen LogP contribution in [0.5, 0.6) is 0 Å². The molecule has 2 N–H and O–H groups in total. The lowest BCUT2D eigenvalue weighted by Gasteiger charge is -2.11. The molecular weight excluding hydrogens is 336 g/mol. The summed E-state index contributed by atoms with van der Waals surface area (Å²) < 4.78 is 51.0. The number of hydrogen-bond acceptors (Lipinski definition) is 3. The molecule has 0 amide bonds. The quantitative estimate of drug-likeness (QED) is 0.786. The minimum Gasteiger partial charge on any atom is -0.231 e. The fraction of sp³-hybridized carbons (Fsp3) is 0.0625. The molecule has 1 aromatic heterocycles. The number of rotatable bonds is 4. The highest BCUT2D eigenvalue weighted by atomic mass is 32.2. The van der Waals surface area contributed by atoms with Crippen molar-refractivity contribution in [1.29, 1.82) is 0 Å². The van der Waals surface area contributed by atoms with Crippen LogP contribution in [-0.2, 0) is 10.0 Å². The Bertz CT molecular complexity index is 970. The number of primary sulfonamides is 1. The van der Waals surface area contributed by atoms with E-state index in [1.165, 1.54) is 28.9 Å². The van der Waals surface area contributed by atoms with Gasteiger partial charge in [-0.25, -0.2) is 27.0 Å². The summed E-state index contributed by atoms with van der Waals surface area (Å²) in [6.45, 7) is 0. The van der Waals surface area contributed by atoms with Gasteiger partial charge in [0.25, 0.3) is 6.43 Å². The summed E-state index contributed by atoms with van der Waals surface area (Å²) in [5.41, 5.74) is 0.645. The van der Waals surface area contributed by atoms with Gasteiger partial charge < -0.3 is 0 Å². The van der Waals surface area contributed by atoms with Crippen LogP contribution in [0.1, 0.15) is 12.1 Å². The number of para-hydroxylation sites is 1. The van der Waals surface area contributed by atoms with E-state index in [9.17, 15) is 17.2 Å². The van der Waals surface area contributed by atoms with E-state index in [-0.39, 0.29) is 10.6 Å². The van der Waals surface area contributed by atoms with Crippen LogP contribution >= 0.6 is 0 Å². The molecule has 0 atom stereocenters. The monoisotopic (exact) mass is 349 g/mol. The average Bonchev–Trinajstić information content (AvgIpc) is 3.00. The van der Waals surface area contributed by atoms with Gasteiger partial charge in [-0.1, -0.05) is 42.5 Å². The fourth-order valence-electron chi connectivity index (χ4n) is 2.38. The molecule has 0 saturated heterocycles. The van der Waals surface area contributed by atoms with Gasteiger partial charge in [0, 0.05) is 5.56 Å². The maximum Gasteiger partial charge on any atom is 0.282 e. The van der Waals surface area contributed by atoms with Crippen molar-refractivity contribution in [2.24, 2.45) is 5.14 Å². The molecule has 1 heterocycles. The van der Waals surface area contributed by atoms with Crippen LogP contribution in [0.25, 0.3) is 16.9 Å². The number of nitrogens with two attached hydrogens (primary N) is 1. The summed E-state index contributed by atoms with van der Waals surface area (Å²) in [5, 5.41) is 9.11. The Kier molecular flexibility index (Phi) is 4.16. The second-order valence-corrected chi connectivity index (χ2v) is 6.58. The first kappa shape index (κ1) is 16.3. The number of alkyl halides is 2. The van der Waals surface area contributed by atoms with Gasteiger partial charge in [0.05, 0.1) is 11.4 Å². The van der Waals surface area contributed by atoms with E-state index >= 15 is 0 Å². The fourth-order valence-corrected chi connectivity index (χ4v) is 3.09. The second kappa shape index (κ2) is 6.14. The number of benzene rings is 2. The summed E-state index contributed by atoms with van der Waals surface area (Å²) in [6, 6.07) is 15.8. The molecule has 124 valence electrons. The van der Waals surface area contributed by atoms with Gasteiger partial charge in [-0.3, -0.25) is 0 Å². The van der Waals surface area contributed by atoms with Crippen LogP contribution in [0.2, 0.25) is 0 Å². The molecule has 0 fully saturated rings. The van der Waals surface area contributed by atoms with Crippen LogP contribution < -0.4 is 5.14 Å². The minimum atomic E-state index is -4.04. The molecule has 0 aliphatic carbocycles. The van der Waals surface area contributed by atoms with Crippen molar-refractivity contribution < 1.29 is 17.2 Å². The third-order valence-corrected chi connectivity index (χ3v) is 4.38. The molecule has 2 aromatic carbocycles. The highest BCUT2D eigenvalue weighted by Gasteiger charge is 2.21. The van der Waals surface area contributed by atoms with E-state index in [0.717, 1.165) is 0 Å². The lowest BCUT2D eigenvalue weighted by Crippen LogP contribution is -2.16. The Morgan fingerprint density at radius 1 is 1.00 bits per heavy atom. The highest BCUT2D eigenvalue weighted by Crippen LogP contribution is 2.30. The molecule has 0 radical (unpaired) electrons. The van der Waals surface area contributed by atoms with E-state index in [4.69, 9.17) is 5.14 Å². The van der Waals surface area contributed by atoms with Gasteiger partial charge in [-0.2, -0.15) is 5.10 Å². The van der Waals surface area contributed by atoms with E-state index in [1.54, 1.807) is 36.4 Å². The van der Waals surface area contributed by atoms with Crippen LogP contribution in [0, 0.1) is 0 Å². The summed E-state index contributed by atoms with van der Waals surface area (Å²) in [6.07, 6.45) is -2.78.